The molecule has 1 aromatic heterocycles. The summed E-state index contributed by atoms with van der Waals surface area (Å²) >= 11 is 1.11. The van der Waals surface area contributed by atoms with E-state index >= 15 is 0 Å². The molecule has 1 heterocycles. The Morgan fingerprint density at radius 3 is 2.84 bits per heavy atom. The first-order chi connectivity index (χ1) is 9.19. The van der Waals surface area contributed by atoms with Crippen molar-refractivity contribution >= 4 is 22.7 Å². The zero-order valence-corrected chi connectivity index (χ0v) is 11.1. The van der Waals surface area contributed by atoms with Crippen LogP contribution in [0.25, 0.3) is 11.4 Å². The van der Waals surface area contributed by atoms with Gasteiger partial charge in [0.05, 0.1) is 12.6 Å². The van der Waals surface area contributed by atoms with Gasteiger partial charge in [-0.05, 0) is 6.92 Å². The van der Waals surface area contributed by atoms with E-state index in [0.29, 0.717) is 11.0 Å². The number of benzene rings is 1. The van der Waals surface area contributed by atoms with Crippen LogP contribution in [0.2, 0.25) is 0 Å². The number of carbonyl (C=O) groups is 1. The zero-order valence-electron chi connectivity index (χ0n) is 10.3. The standard InChI is InChI=1S/C12H14N4O2S/c1-8(7-17)13-11(18)15-12-14-10(16-19-12)9-5-3-2-4-6-9/h2-6,8,17H,7H2,1H3,(H2,13,14,15,16,18)/t8-/m0/s1. The Labute approximate surface area is 114 Å². The molecule has 2 rings (SSSR count). The van der Waals surface area contributed by atoms with Crippen LogP contribution in [-0.4, -0.2) is 33.1 Å². The number of aliphatic hydroxyl groups is 1. The van der Waals surface area contributed by atoms with Gasteiger partial charge in [0.1, 0.15) is 0 Å². The van der Waals surface area contributed by atoms with Crippen LogP contribution in [0.3, 0.4) is 0 Å². The summed E-state index contributed by atoms with van der Waals surface area (Å²) in [7, 11) is 0. The molecule has 0 aliphatic carbocycles. The number of aromatic nitrogens is 2. The number of amides is 2. The lowest BCUT2D eigenvalue weighted by atomic mass is 10.2. The van der Waals surface area contributed by atoms with E-state index in [1.165, 1.54) is 0 Å². The fraction of sp³-hybridized carbons (Fsp3) is 0.250. The average molecular weight is 278 g/mol. The van der Waals surface area contributed by atoms with Crippen LogP contribution in [0.1, 0.15) is 6.92 Å². The van der Waals surface area contributed by atoms with Crippen molar-refractivity contribution in [2.24, 2.45) is 0 Å². The molecule has 7 heteroatoms. The third-order valence-electron chi connectivity index (χ3n) is 2.33. The summed E-state index contributed by atoms with van der Waals surface area (Å²) in [4.78, 5) is 15.8. The summed E-state index contributed by atoms with van der Waals surface area (Å²) in [5.41, 5.74) is 0.899. The number of anilines is 1. The number of hydrogen-bond donors (Lipinski definition) is 3. The molecule has 0 radical (unpaired) electrons. The summed E-state index contributed by atoms with van der Waals surface area (Å²) in [6, 6.07) is 8.81. The van der Waals surface area contributed by atoms with Gasteiger partial charge in [-0.1, -0.05) is 30.3 Å². The molecule has 6 nitrogen and oxygen atoms in total. The molecular formula is C12H14N4O2S. The minimum atomic E-state index is -0.405. The van der Waals surface area contributed by atoms with E-state index in [4.69, 9.17) is 5.11 Å². The molecule has 0 fully saturated rings. The average Bonchev–Trinajstić information content (AvgIpc) is 2.88. The van der Waals surface area contributed by atoms with Crippen molar-refractivity contribution in [3.8, 4) is 11.4 Å². The van der Waals surface area contributed by atoms with E-state index in [1.807, 2.05) is 30.3 Å². The predicted molar refractivity (Wildman–Crippen MR) is 74.0 cm³/mol. The van der Waals surface area contributed by atoms with Gasteiger partial charge in [-0.2, -0.15) is 9.36 Å². The normalized spacial score (nSPS) is 11.9. The van der Waals surface area contributed by atoms with Crippen LogP contribution >= 0.6 is 11.5 Å². The van der Waals surface area contributed by atoms with Gasteiger partial charge in [0.15, 0.2) is 5.82 Å². The highest BCUT2D eigenvalue weighted by atomic mass is 32.1. The smallest absolute Gasteiger partial charge is 0.321 e. The fourth-order valence-corrected chi connectivity index (χ4v) is 1.97. The summed E-state index contributed by atoms with van der Waals surface area (Å²) in [6.07, 6.45) is 0. The van der Waals surface area contributed by atoms with Crippen LogP contribution in [0.15, 0.2) is 30.3 Å². The molecule has 0 aliphatic heterocycles. The molecule has 3 N–H and O–H groups in total. The van der Waals surface area contributed by atoms with Crippen molar-refractivity contribution in [1.82, 2.24) is 14.7 Å². The Kier molecular flexibility index (Phi) is 4.43. The largest absolute Gasteiger partial charge is 0.394 e. The predicted octanol–water partition coefficient (Wildman–Crippen LogP) is 1.71. The van der Waals surface area contributed by atoms with E-state index in [9.17, 15) is 4.79 Å². The number of aliphatic hydroxyl groups excluding tert-OH is 1. The van der Waals surface area contributed by atoms with Crippen LogP contribution in [-0.2, 0) is 0 Å². The summed E-state index contributed by atoms with van der Waals surface area (Å²) in [6.45, 7) is 1.59. The van der Waals surface area contributed by atoms with E-state index in [2.05, 4.69) is 20.0 Å². The maximum absolute atomic E-state index is 11.5. The van der Waals surface area contributed by atoms with Gasteiger partial charge in [0.25, 0.3) is 0 Å². The molecular weight excluding hydrogens is 264 g/mol. The second-order valence-electron chi connectivity index (χ2n) is 3.97. The van der Waals surface area contributed by atoms with Crippen molar-refractivity contribution in [3.05, 3.63) is 30.3 Å². The lowest BCUT2D eigenvalue weighted by Crippen LogP contribution is -2.38. The number of hydrogen-bond acceptors (Lipinski definition) is 5. The molecule has 0 bridgehead atoms. The maximum atomic E-state index is 11.5. The number of nitrogens with one attached hydrogen (secondary N) is 2. The highest BCUT2D eigenvalue weighted by molar-refractivity contribution is 7.10. The molecule has 0 unspecified atom stereocenters. The van der Waals surface area contributed by atoms with Gasteiger partial charge >= 0.3 is 6.03 Å². The number of rotatable bonds is 4. The van der Waals surface area contributed by atoms with E-state index < -0.39 is 6.03 Å². The molecule has 0 spiro atoms. The monoisotopic (exact) mass is 278 g/mol. The second-order valence-corrected chi connectivity index (χ2v) is 4.72. The minimum absolute atomic E-state index is 0.112. The van der Waals surface area contributed by atoms with Crippen LogP contribution in [0.4, 0.5) is 9.93 Å². The fourth-order valence-electron chi connectivity index (χ4n) is 1.38. The molecule has 1 aromatic carbocycles. The lowest BCUT2D eigenvalue weighted by molar-refractivity contribution is 0.229. The Hall–Kier alpha value is -1.99. The Balaban J connectivity index is 2.00. The number of nitrogens with zero attached hydrogens (tertiary/aromatic N) is 2. The minimum Gasteiger partial charge on any atom is -0.394 e. The summed E-state index contributed by atoms with van der Waals surface area (Å²) < 4.78 is 4.18. The Morgan fingerprint density at radius 2 is 2.16 bits per heavy atom. The first-order valence-corrected chi connectivity index (χ1v) is 6.54. The van der Waals surface area contributed by atoms with Crippen LogP contribution in [0.5, 0.6) is 0 Å². The van der Waals surface area contributed by atoms with Crippen molar-refractivity contribution in [2.45, 2.75) is 13.0 Å². The number of urea groups is 1. The third kappa shape index (κ3) is 3.73. The van der Waals surface area contributed by atoms with Crippen LogP contribution < -0.4 is 10.6 Å². The van der Waals surface area contributed by atoms with E-state index in [0.717, 1.165) is 17.1 Å². The van der Waals surface area contributed by atoms with Crippen LogP contribution in [0, 0.1) is 0 Å². The van der Waals surface area contributed by atoms with E-state index in [-0.39, 0.29) is 12.6 Å². The molecule has 0 saturated heterocycles. The first-order valence-electron chi connectivity index (χ1n) is 5.76. The Bertz CT molecular complexity index is 544. The van der Waals surface area contributed by atoms with Gasteiger partial charge in [0.2, 0.25) is 5.13 Å². The maximum Gasteiger partial charge on any atom is 0.321 e. The molecule has 1 atom stereocenters. The SMILES string of the molecule is C[C@@H](CO)NC(=O)Nc1nc(-c2ccccc2)ns1. The third-order valence-corrected chi connectivity index (χ3v) is 2.96. The summed E-state index contributed by atoms with van der Waals surface area (Å²) in [5.74, 6) is 0.580. The van der Waals surface area contributed by atoms with Gasteiger partial charge in [-0.15, -0.1) is 0 Å². The van der Waals surface area contributed by atoms with Crippen molar-refractivity contribution < 1.29 is 9.90 Å². The summed E-state index contributed by atoms with van der Waals surface area (Å²) in [5, 5.41) is 14.4. The van der Waals surface area contributed by atoms with Gasteiger partial charge < -0.3 is 10.4 Å². The van der Waals surface area contributed by atoms with E-state index in [1.54, 1.807) is 6.92 Å². The quantitative estimate of drug-likeness (QED) is 0.794. The van der Waals surface area contributed by atoms with Gasteiger partial charge in [-0.3, -0.25) is 5.32 Å². The van der Waals surface area contributed by atoms with Crippen molar-refractivity contribution in [3.63, 3.8) is 0 Å². The first kappa shape index (κ1) is 13.4. The second kappa shape index (κ2) is 6.26. The highest BCUT2D eigenvalue weighted by Gasteiger charge is 2.10. The van der Waals surface area contributed by atoms with Gasteiger partial charge in [-0.25, -0.2) is 4.79 Å². The Morgan fingerprint density at radius 1 is 1.42 bits per heavy atom. The zero-order chi connectivity index (χ0) is 13.7. The lowest BCUT2D eigenvalue weighted by Gasteiger charge is -2.09. The highest BCUT2D eigenvalue weighted by Crippen LogP contribution is 2.20. The molecule has 100 valence electrons. The molecule has 0 aliphatic rings. The molecule has 2 amide bonds. The molecule has 2 aromatic rings. The van der Waals surface area contributed by atoms with Gasteiger partial charge in [0, 0.05) is 17.1 Å². The molecule has 0 saturated carbocycles. The number of carbonyl (C=O) groups excluding carboxylic acids is 1. The molecule has 19 heavy (non-hydrogen) atoms. The topological polar surface area (TPSA) is 87.1 Å². The van der Waals surface area contributed by atoms with Crippen molar-refractivity contribution in [1.29, 1.82) is 0 Å². The van der Waals surface area contributed by atoms with Crippen molar-refractivity contribution in [2.75, 3.05) is 11.9 Å².